The number of rotatable bonds is 0. The van der Waals surface area contributed by atoms with Crippen LogP contribution in [0.25, 0.3) is 22.1 Å². The van der Waals surface area contributed by atoms with Crippen LogP contribution >= 0.6 is 0 Å². The summed E-state index contributed by atoms with van der Waals surface area (Å²) in [5.41, 5.74) is 7.52. The predicted molar refractivity (Wildman–Crippen MR) is 123 cm³/mol. The van der Waals surface area contributed by atoms with Crippen molar-refractivity contribution in [2.24, 2.45) is 0 Å². The summed E-state index contributed by atoms with van der Waals surface area (Å²) in [5, 5.41) is 0. The predicted octanol–water partition coefficient (Wildman–Crippen LogP) is 6.59. The van der Waals surface area contributed by atoms with E-state index in [-0.39, 0.29) is 5.41 Å². The van der Waals surface area contributed by atoms with E-state index >= 15 is 0 Å². The second kappa shape index (κ2) is 10.1. The molecule has 0 aliphatic heterocycles. The van der Waals surface area contributed by atoms with Crippen molar-refractivity contribution < 1.29 is 0 Å². The van der Waals surface area contributed by atoms with Gasteiger partial charge in [-0.1, -0.05) is 59.2 Å². The van der Waals surface area contributed by atoms with E-state index in [1.165, 1.54) is 17.5 Å². The van der Waals surface area contributed by atoms with Gasteiger partial charge >= 0.3 is 0 Å². The molecule has 0 atom stereocenters. The fraction of sp³-hybridized carbons (Fsp3) is 0.360. The van der Waals surface area contributed by atoms with Gasteiger partial charge in [-0.3, -0.25) is 15.0 Å². The molecule has 0 spiro atoms. The lowest BCUT2D eigenvalue weighted by Crippen LogP contribution is -2.10. The molecule has 2 aromatic heterocycles. The van der Waals surface area contributed by atoms with Gasteiger partial charge in [-0.15, -0.1) is 0 Å². The largest absolute Gasteiger partial charge is 0.253 e. The van der Waals surface area contributed by atoms with Crippen LogP contribution in [0, 0.1) is 13.8 Å². The van der Waals surface area contributed by atoms with Crippen molar-refractivity contribution in [3.63, 3.8) is 0 Å². The minimum atomic E-state index is 0.167. The number of benzene rings is 2. The molecule has 0 fully saturated rings. The molecule has 0 aliphatic carbocycles. The molecule has 29 heavy (non-hydrogen) atoms. The Morgan fingerprint density at radius 1 is 0.793 bits per heavy atom. The zero-order chi connectivity index (χ0) is 21.4. The zero-order valence-electron chi connectivity index (χ0n) is 18.7. The van der Waals surface area contributed by atoms with Gasteiger partial charge in [0.05, 0.1) is 27.8 Å². The zero-order valence-corrected chi connectivity index (χ0v) is 18.7. The van der Waals surface area contributed by atoms with Crippen LogP contribution in [0.5, 0.6) is 0 Å². The Labute approximate surface area is 174 Å². The topological polar surface area (TPSA) is 51.6 Å². The van der Waals surface area contributed by atoms with Gasteiger partial charge in [0.15, 0.2) is 0 Å². The SMILES string of the molecule is CCC.Cc1cccc2nccnc12.Cc1cnc2cc(C(C)(C)C)ccc2n1. The molecule has 0 amide bonds. The van der Waals surface area contributed by atoms with E-state index in [0.717, 1.165) is 27.8 Å². The van der Waals surface area contributed by atoms with E-state index in [1.54, 1.807) is 12.4 Å². The first-order valence-corrected chi connectivity index (χ1v) is 10.2. The van der Waals surface area contributed by atoms with Crippen molar-refractivity contribution in [3.05, 3.63) is 71.8 Å². The van der Waals surface area contributed by atoms with Crippen molar-refractivity contribution in [1.82, 2.24) is 19.9 Å². The van der Waals surface area contributed by atoms with Gasteiger partial charge in [0.1, 0.15) is 0 Å². The van der Waals surface area contributed by atoms with Crippen LogP contribution in [0.2, 0.25) is 0 Å². The average Bonchev–Trinajstić information content (AvgIpc) is 2.68. The van der Waals surface area contributed by atoms with Crippen LogP contribution in [0.15, 0.2) is 55.0 Å². The number of aryl methyl sites for hydroxylation is 2. The van der Waals surface area contributed by atoms with Crippen molar-refractivity contribution >= 4 is 22.1 Å². The highest BCUT2D eigenvalue weighted by Crippen LogP contribution is 2.24. The standard InChI is InChI=1S/C13H16N2.C9H8N2.C3H8/c1-9-8-14-12-7-10(13(2,3)4)5-6-11(12)15-9;1-7-3-2-4-8-9(7)11-6-5-10-8;1-3-2/h5-8H,1-4H3;2-6H,1H3;3H2,1-2H3. The summed E-state index contributed by atoms with van der Waals surface area (Å²) in [5.74, 6) is 0. The summed E-state index contributed by atoms with van der Waals surface area (Å²) in [4.78, 5) is 17.2. The summed E-state index contributed by atoms with van der Waals surface area (Å²) < 4.78 is 0. The summed E-state index contributed by atoms with van der Waals surface area (Å²) >= 11 is 0. The minimum Gasteiger partial charge on any atom is -0.253 e. The lowest BCUT2D eigenvalue weighted by Gasteiger charge is -2.18. The van der Waals surface area contributed by atoms with E-state index in [4.69, 9.17) is 0 Å². The Morgan fingerprint density at radius 2 is 1.48 bits per heavy atom. The Morgan fingerprint density at radius 3 is 2.14 bits per heavy atom. The molecule has 0 bridgehead atoms. The molecule has 152 valence electrons. The monoisotopic (exact) mass is 388 g/mol. The second-order valence-electron chi connectivity index (χ2n) is 8.17. The average molecular weight is 389 g/mol. The summed E-state index contributed by atoms with van der Waals surface area (Å²) in [6.45, 7) is 14.9. The maximum absolute atomic E-state index is 4.44. The third-order valence-electron chi connectivity index (χ3n) is 4.23. The van der Waals surface area contributed by atoms with Crippen LogP contribution in [-0.4, -0.2) is 19.9 Å². The first-order valence-electron chi connectivity index (χ1n) is 10.2. The van der Waals surface area contributed by atoms with Crippen molar-refractivity contribution in [1.29, 1.82) is 0 Å². The van der Waals surface area contributed by atoms with Crippen molar-refractivity contribution in [3.8, 4) is 0 Å². The van der Waals surface area contributed by atoms with E-state index < -0.39 is 0 Å². The molecule has 2 heterocycles. The first-order chi connectivity index (χ1) is 13.8. The first kappa shape index (κ1) is 22.4. The maximum atomic E-state index is 4.44. The van der Waals surface area contributed by atoms with Gasteiger partial charge in [0, 0.05) is 18.6 Å². The van der Waals surface area contributed by atoms with Crippen LogP contribution in [0.1, 0.15) is 57.9 Å². The number of hydrogen-bond acceptors (Lipinski definition) is 4. The molecule has 4 aromatic rings. The fourth-order valence-electron chi connectivity index (χ4n) is 2.71. The lowest BCUT2D eigenvalue weighted by atomic mass is 9.87. The lowest BCUT2D eigenvalue weighted by molar-refractivity contribution is 0.591. The van der Waals surface area contributed by atoms with Gasteiger partial charge in [-0.25, -0.2) is 4.98 Å². The fourth-order valence-corrected chi connectivity index (χ4v) is 2.71. The minimum absolute atomic E-state index is 0.167. The molecule has 4 heteroatoms. The summed E-state index contributed by atoms with van der Waals surface area (Å²) in [7, 11) is 0. The molecule has 0 aliphatic rings. The summed E-state index contributed by atoms with van der Waals surface area (Å²) in [6.07, 6.45) is 6.49. The van der Waals surface area contributed by atoms with Crippen LogP contribution in [0.3, 0.4) is 0 Å². The van der Waals surface area contributed by atoms with E-state index in [0.29, 0.717) is 0 Å². The molecule has 2 aromatic carbocycles. The second-order valence-corrected chi connectivity index (χ2v) is 8.17. The number of hydrogen-bond donors (Lipinski definition) is 0. The maximum Gasteiger partial charge on any atom is 0.0915 e. The van der Waals surface area contributed by atoms with E-state index in [2.05, 4.69) is 72.8 Å². The van der Waals surface area contributed by atoms with Crippen molar-refractivity contribution in [2.45, 2.75) is 60.3 Å². The van der Waals surface area contributed by atoms with E-state index in [9.17, 15) is 0 Å². The molecule has 0 saturated carbocycles. The molecule has 0 radical (unpaired) electrons. The third kappa shape index (κ3) is 6.31. The van der Waals surface area contributed by atoms with Crippen molar-refractivity contribution in [2.75, 3.05) is 0 Å². The quantitative estimate of drug-likeness (QED) is 0.341. The number of para-hydroxylation sites is 1. The van der Waals surface area contributed by atoms with Crippen LogP contribution in [0.4, 0.5) is 0 Å². The van der Waals surface area contributed by atoms with Gasteiger partial charge in [0.25, 0.3) is 0 Å². The molecular weight excluding hydrogens is 356 g/mol. The Bertz CT molecular complexity index is 1060. The van der Waals surface area contributed by atoms with Gasteiger partial charge in [0.2, 0.25) is 0 Å². The Hall–Kier alpha value is -2.88. The van der Waals surface area contributed by atoms with E-state index in [1.807, 2.05) is 38.2 Å². The smallest absolute Gasteiger partial charge is 0.0915 e. The highest BCUT2D eigenvalue weighted by atomic mass is 14.8. The molecule has 0 N–H and O–H groups in total. The highest BCUT2D eigenvalue weighted by Gasteiger charge is 2.14. The van der Waals surface area contributed by atoms with Gasteiger partial charge in [-0.2, -0.15) is 0 Å². The normalized spacial score (nSPS) is 10.7. The Kier molecular flexibility index (Phi) is 7.77. The molecular formula is C25H32N4. The van der Waals surface area contributed by atoms with Crippen LogP contribution < -0.4 is 0 Å². The highest BCUT2D eigenvalue weighted by molar-refractivity contribution is 5.77. The number of aromatic nitrogens is 4. The van der Waals surface area contributed by atoms with Gasteiger partial charge < -0.3 is 0 Å². The summed E-state index contributed by atoms with van der Waals surface area (Å²) in [6, 6.07) is 12.3. The molecule has 4 rings (SSSR count). The van der Waals surface area contributed by atoms with Crippen LogP contribution in [-0.2, 0) is 5.41 Å². The number of nitrogens with zero attached hydrogens (tertiary/aromatic N) is 4. The molecule has 0 unspecified atom stereocenters. The number of fused-ring (bicyclic) bond motifs is 2. The third-order valence-corrected chi connectivity index (χ3v) is 4.23. The van der Waals surface area contributed by atoms with Gasteiger partial charge in [-0.05, 0) is 48.6 Å². The molecule has 0 saturated heterocycles. The molecule has 4 nitrogen and oxygen atoms in total. The Balaban J connectivity index is 0.000000189.